The number of nitrogens with one attached hydrogen (secondary N) is 1. The van der Waals surface area contributed by atoms with Crippen LogP contribution in [-0.2, 0) is 0 Å². The Morgan fingerprint density at radius 2 is 2.29 bits per heavy atom. The lowest BCUT2D eigenvalue weighted by atomic mass is 9.94. The molecule has 0 unspecified atom stereocenters. The Balaban J connectivity index is 1.95. The minimum absolute atomic E-state index is 0.543. The Hall–Kier alpha value is -1.29. The molecule has 0 spiro atoms. The number of hydrogen-bond donors (Lipinski definition) is 1. The van der Waals surface area contributed by atoms with Gasteiger partial charge in [-0.15, -0.1) is 0 Å². The summed E-state index contributed by atoms with van der Waals surface area (Å²) >= 11 is 0. The highest BCUT2D eigenvalue weighted by Gasteiger charge is 2.23. The van der Waals surface area contributed by atoms with Gasteiger partial charge in [-0.1, -0.05) is 6.92 Å². The van der Waals surface area contributed by atoms with Crippen LogP contribution < -0.4 is 10.1 Å². The third-order valence-electron chi connectivity index (χ3n) is 3.41. The van der Waals surface area contributed by atoms with Crippen LogP contribution in [0.4, 0.5) is 5.69 Å². The molecule has 2 atom stereocenters. The molecule has 0 radical (unpaired) electrons. The van der Waals surface area contributed by atoms with Crippen molar-refractivity contribution in [2.24, 2.45) is 5.92 Å². The van der Waals surface area contributed by atoms with Crippen LogP contribution in [0.1, 0.15) is 13.3 Å². The van der Waals surface area contributed by atoms with Crippen LogP contribution in [-0.4, -0.2) is 43.2 Å². The Bertz CT molecular complexity index is 352. The number of ether oxygens (including phenoxy) is 1. The van der Waals surface area contributed by atoms with Gasteiger partial charge >= 0.3 is 0 Å². The maximum atomic E-state index is 5.05. The van der Waals surface area contributed by atoms with Crippen molar-refractivity contribution in [3.05, 3.63) is 18.3 Å². The molecule has 2 heterocycles. The third kappa shape index (κ3) is 3.09. The van der Waals surface area contributed by atoms with E-state index in [4.69, 9.17) is 4.74 Å². The van der Waals surface area contributed by atoms with E-state index in [9.17, 15) is 0 Å². The molecule has 0 aliphatic carbocycles. The summed E-state index contributed by atoms with van der Waals surface area (Å²) in [7, 11) is 3.82. The van der Waals surface area contributed by atoms with E-state index < -0.39 is 0 Å². The summed E-state index contributed by atoms with van der Waals surface area (Å²) in [6.45, 7) is 4.61. The lowest BCUT2D eigenvalue weighted by Crippen LogP contribution is -2.43. The number of methoxy groups -OCH3 is 1. The fraction of sp³-hybridized carbons (Fsp3) is 0.615. The molecule has 1 aliphatic heterocycles. The van der Waals surface area contributed by atoms with Gasteiger partial charge in [-0.05, 0) is 32.0 Å². The van der Waals surface area contributed by atoms with Crippen molar-refractivity contribution in [1.82, 2.24) is 9.88 Å². The first kappa shape index (κ1) is 12.2. The highest BCUT2D eigenvalue weighted by atomic mass is 16.5. The zero-order chi connectivity index (χ0) is 12.3. The molecular formula is C13H21N3O. The molecule has 0 aromatic carbocycles. The van der Waals surface area contributed by atoms with Crippen molar-refractivity contribution < 1.29 is 4.74 Å². The number of pyridine rings is 1. The molecule has 2 rings (SSSR count). The van der Waals surface area contributed by atoms with Gasteiger partial charge in [0.05, 0.1) is 19.0 Å². The predicted molar refractivity (Wildman–Crippen MR) is 69.5 cm³/mol. The molecule has 1 aromatic heterocycles. The first-order chi connectivity index (χ1) is 8.19. The lowest BCUT2D eigenvalue weighted by Gasteiger charge is -2.35. The number of nitrogens with zero attached hydrogens (tertiary/aromatic N) is 2. The summed E-state index contributed by atoms with van der Waals surface area (Å²) in [4.78, 5) is 6.59. The molecule has 1 saturated heterocycles. The van der Waals surface area contributed by atoms with Gasteiger partial charge in [-0.3, -0.25) is 0 Å². The van der Waals surface area contributed by atoms with Crippen molar-refractivity contribution in [2.75, 3.05) is 32.6 Å². The maximum absolute atomic E-state index is 5.05. The molecule has 1 fully saturated rings. The molecule has 1 aromatic rings. The second-order valence-electron chi connectivity index (χ2n) is 4.87. The maximum Gasteiger partial charge on any atom is 0.213 e. The van der Waals surface area contributed by atoms with Crippen molar-refractivity contribution in [3.63, 3.8) is 0 Å². The summed E-state index contributed by atoms with van der Waals surface area (Å²) in [5.41, 5.74) is 1.08. The van der Waals surface area contributed by atoms with Crippen LogP contribution in [0.2, 0.25) is 0 Å². The molecular weight excluding hydrogens is 214 g/mol. The molecule has 94 valence electrons. The Labute approximate surface area is 103 Å². The molecule has 0 bridgehead atoms. The summed E-state index contributed by atoms with van der Waals surface area (Å²) in [6, 6.07) is 4.46. The molecule has 1 aliphatic rings. The molecule has 4 heteroatoms. The van der Waals surface area contributed by atoms with Gasteiger partial charge in [-0.25, -0.2) is 4.98 Å². The minimum Gasteiger partial charge on any atom is -0.481 e. The first-order valence-corrected chi connectivity index (χ1v) is 6.14. The largest absolute Gasteiger partial charge is 0.481 e. The van der Waals surface area contributed by atoms with Gasteiger partial charge in [0.2, 0.25) is 5.88 Å². The minimum atomic E-state index is 0.543. The number of rotatable bonds is 3. The van der Waals surface area contributed by atoms with Gasteiger partial charge in [-0.2, -0.15) is 0 Å². The fourth-order valence-electron chi connectivity index (χ4n) is 2.37. The third-order valence-corrected chi connectivity index (χ3v) is 3.41. The SMILES string of the molecule is COc1ccc(N[C@H]2CCN(C)C[C@H]2C)cn1. The van der Waals surface area contributed by atoms with Crippen molar-refractivity contribution in [2.45, 2.75) is 19.4 Å². The predicted octanol–water partition coefficient (Wildman–Crippen LogP) is 1.84. The summed E-state index contributed by atoms with van der Waals surface area (Å²) < 4.78 is 5.05. The van der Waals surface area contributed by atoms with E-state index in [0.29, 0.717) is 17.8 Å². The number of anilines is 1. The van der Waals surface area contributed by atoms with Gasteiger partial charge < -0.3 is 15.0 Å². The number of likely N-dealkylation sites (tertiary alicyclic amines) is 1. The molecule has 0 saturated carbocycles. The van der Waals surface area contributed by atoms with Gasteiger partial charge in [0.25, 0.3) is 0 Å². The van der Waals surface area contributed by atoms with E-state index in [-0.39, 0.29) is 0 Å². The van der Waals surface area contributed by atoms with E-state index in [1.54, 1.807) is 7.11 Å². The zero-order valence-electron chi connectivity index (χ0n) is 10.8. The van der Waals surface area contributed by atoms with E-state index in [2.05, 4.69) is 29.2 Å². The second kappa shape index (κ2) is 5.36. The van der Waals surface area contributed by atoms with Crippen molar-refractivity contribution in [1.29, 1.82) is 0 Å². The Morgan fingerprint density at radius 1 is 1.47 bits per heavy atom. The van der Waals surface area contributed by atoms with Crippen molar-refractivity contribution >= 4 is 5.69 Å². The average Bonchev–Trinajstić information content (AvgIpc) is 2.34. The topological polar surface area (TPSA) is 37.4 Å². The van der Waals surface area contributed by atoms with Gasteiger partial charge in [0.1, 0.15) is 0 Å². The molecule has 17 heavy (non-hydrogen) atoms. The van der Waals surface area contributed by atoms with Gasteiger partial charge in [0.15, 0.2) is 0 Å². The number of piperidine rings is 1. The quantitative estimate of drug-likeness (QED) is 0.867. The van der Waals surface area contributed by atoms with Crippen LogP contribution in [0.5, 0.6) is 5.88 Å². The lowest BCUT2D eigenvalue weighted by molar-refractivity contribution is 0.206. The molecule has 0 amide bonds. The summed E-state index contributed by atoms with van der Waals surface area (Å²) in [5, 5.41) is 3.56. The van der Waals surface area contributed by atoms with Crippen molar-refractivity contribution in [3.8, 4) is 5.88 Å². The normalized spacial score (nSPS) is 25.6. The van der Waals surface area contributed by atoms with E-state index >= 15 is 0 Å². The summed E-state index contributed by atoms with van der Waals surface area (Å²) in [6.07, 6.45) is 3.02. The van der Waals surface area contributed by atoms with E-state index in [0.717, 1.165) is 18.8 Å². The summed E-state index contributed by atoms with van der Waals surface area (Å²) in [5.74, 6) is 1.32. The number of aromatic nitrogens is 1. The van der Waals surface area contributed by atoms with Crippen LogP contribution >= 0.6 is 0 Å². The monoisotopic (exact) mass is 235 g/mol. The fourth-order valence-corrected chi connectivity index (χ4v) is 2.37. The van der Waals surface area contributed by atoms with Crippen LogP contribution in [0.25, 0.3) is 0 Å². The second-order valence-corrected chi connectivity index (χ2v) is 4.87. The van der Waals surface area contributed by atoms with E-state index in [1.165, 1.54) is 6.42 Å². The standard InChI is InChI=1S/C13H21N3O/c1-10-9-16(2)7-6-12(10)15-11-4-5-13(17-3)14-8-11/h4-5,8,10,12,15H,6-7,9H2,1-3H3/t10-,12+/m1/s1. The molecule has 4 nitrogen and oxygen atoms in total. The first-order valence-electron chi connectivity index (χ1n) is 6.14. The van der Waals surface area contributed by atoms with Crippen LogP contribution in [0, 0.1) is 5.92 Å². The Kier molecular flexibility index (Phi) is 3.84. The highest BCUT2D eigenvalue weighted by molar-refractivity contribution is 5.43. The highest BCUT2D eigenvalue weighted by Crippen LogP contribution is 2.20. The van der Waals surface area contributed by atoms with Crippen LogP contribution in [0.15, 0.2) is 18.3 Å². The Morgan fingerprint density at radius 3 is 2.88 bits per heavy atom. The molecule has 1 N–H and O–H groups in total. The average molecular weight is 235 g/mol. The van der Waals surface area contributed by atoms with Gasteiger partial charge in [0, 0.05) is 18.7 Å². The smallest absolute Gasteiger partial charge is 0.213 e. The number of hydrogen-bond acceptors (Lipinski definition) is 4. The zero-order valence-corrected chi connectivity index (χ0v) is 10.8. The van der Waals surface area contributed by atoms with Crippen LogP contribution in [0.3, 0.4) is 0 Å². The van der Waals surface area contributed by atoms with E-state index in [1.807, 2.05) is 18.3 Å².